The summed E-state index contributed by atoms with van der Waals surface area (Å²) in [6.07, 6.45) is 3.63. The second-order valence-electron chi connectivity index (χ2n) is 6.49. The number of ether oxygens (including phenoxy) is 2. The van der Waals surface area contributed by atoms with Gasteiger partial charge in [-0.25, -0.2) is 4.98 Å². The summed E-state index contributed by atoms with van der Waals surface area (Å²) in [5.41, 5.74) is 2.15. The van der Waals surface area contributed by atoms with Crippen LogP contribution >= 0.6 is 11.8 Å². The van der Waals surface area contributed by atoms with Crippen LogP contribution in [0.2, 0.25) is 0 Å². The summed E-state index contributed by atoms with van der Waals surface area (Å²) in [5.74, 6) is 4.19. The molecular weight excluding hydrogens is 374 g/mol. The molecular formula is C21H23N3O3S. The highest BCUT2D eigenvalue weighted by Gasteiger charge is 2.22. The second-order valence-corrected chi connectivity index (χ2v) is 7.72. The first-order valence-electron chi connectivity index (χ1n) is 9.44. The molecule has 0 spiro atoms. The number of hydrogen-bond acceptors (Lipinski definition) is 6. The van der Waals surface area contributed by atoms with Gasteiger partial charge in [0.15, 0.2) is 17.3 Å². The van der Waals surface area contributed by atoms with Gasteiger partial charge in [-0.1, -0.05) is 12.1 Å². The Kier molecular flexibility index (Phi) is 5.71. The molecule has 1 saturated heterocycles. The molecule has 7 heteroatoms. The molecule has 0 saturated carbocycles. The molecule has 2 aliphatic rings. The van der Waals surface area contributed by atoms with Crippen molar-refractivity contribution in [2.75, 3.05) is 48.0 Å². The van der Waals surface area contributed by atoms with E-state index in [1.807, 2.05) is 55.1 Å². The van der Waals surface area contributed by atoms with Crippen molar-refractivity contribution in [2.24, 2.45) is 0 Å². The van der Waals surface area contributed by atoms with Crippen molar-refractivity contribution in [3.63, 3.8) is 0 Å². The fraction of sp³-hybridized carbons (Fsp3) is 0.333. The van der Waals surface area contributed by atoms with Crippen molar-refractivity contribution in [1.82, 2.24) is 4.98 Å². The summed E-state index contributed by atoms with van der Waals surface area (Å²) in [6, 6.07) is 9.43. The molecule has 1 aromatic heterocycles. The van der Waals surface area contributed by atoms with Crippen LogP contribution in [-0.4, -0.2) is 48.7 Å². The standard InChI is InChI=1S/C21H23N3O3S/c1-2-26-18-7-3-5-15-13-16(14-27-19(15)18)21(25)23-17-6-4-8-22-20(17)24-9-11-28-12-10-24/h3-8,13H,2,9-12,14H2,1H3,(H,23,25). The number of hydrogen-bond donors (Lipinski definition) is 1. The third-order valence-electron chi connectivity index (χ3n) is 4.65. The molecule has 0 aliphatic carbocycles. The van der Waals surface area contributed by atoms with Crippen molar-refractivity contribution in [1.29, 1.82) is 0 Å². The highest BCUT2D eigenvalue weighted by Crippen LogP contribution is 2.36. The minimum Gasteiger partial charge on any atom is -0.490 e. The number of nitrogens with one attached hydrogen (secondary N) is 1. The fourth-order valence-corrected chi connectivity index (χ4v) is 4.21. The summed E-state index contributed by atoms with van der Waals surface area (Å²) in [7, 11) is 0. The number of aromatic nitrogens is 1. The van der Waals surface area contributed by atoms with Gasteiger partial charge in [-0.2, -0.15) is 11.8 Å². The summed E-state index contributed by atoms with van der Waals surface area (Å²) in [4.78, 5) is 19.6. The first kappa shape index (κ1) is 18.7. The van der Waals surface area contributed by atoms with Crippen molar-refractivity contribution < 1.29 is 14.3 Å². The number of carbonyl (C=O) groups excluding carboxylic acids is 1. The lowest BCUT2D eigenvalue weighted by Gasteiger charge is -2.29. The number of pyridine rings is 1. The maximum Gasteiger partial charge on any atom is 0.255 e. The lowest BCUT2D eigenvalue weighted by molar-refractivity contribution is -0.113. The van der Waals surface area contributed by atoms with Crippen LogP contribution in [0.25, 0.3) is 6.08 Å². The van der Waals surface area contributed by atoms with Gasteiger partial charge in [0, 0.05) is 36.4 Å². The molecule has 146 valence electrons. The molecule has 3 heterocycles. The number of para-hydroxylation sites is 1. The van der Waals surface area contributed by atoms with Crippen LogP contribution in [0.3, 0.4) is 0 Å². The van der Waals surface area contributed by atoms with Crippen LogP contribution in [-0.2, 0) is 4.79 Å². The molecule has 4 rings (SSSR count). The summed E-state index contributed by atoms with van der Waals surface area (Å²) < 4.78 is 11.5. The maximum atomic E-state index is 12.9. The van der Waals surface area contributed by atoms with E-state index < -0.39 is 0 Å². The maximum absolute atomic E-state index is 12.9. The largest absolute Gasteiger partial charge is 0.490 e. The highest BCUT2D eigenvalue weighted by molar-refractivity contribution is 7.99. The molecule has 0 unspecified atom stereocenters. The predicted molar refractivity (Wildman–Crippen MR) is 113 cm³/mol. The average molecular weight is 398 g/mol. The van der Waals surface area contributed by atoms with Gasteiger partial charge in [0.05, 0.1) is 17.9 Å². The van der Waals surface area contributed by atoms with Gasteiger partial charge in [0.1, 0.15) is 6.61 Å². The number of anilines is 2. The number of carbonyl (C=O) groups is 1. The van der Waals surface area contributed by atoms with E-state index in [1.165, 1.54) is 0 Å². The lowest BCUT2D eigenvalue weighted by Crippen LogP contribution is -2.34. The second kappa shape index (κ2) is 8.56. The van der Waals surface area contributed by atoms with Crippen LogP contribution in [0.4, 0.5) is 11.5 Å². The molecule has 6 nitrogen and oxygen atoms in total. The summed E-state index contributed by atoms with van der Waals surface area (Å²) >= 11 is 1.94. The van der Waals surface area contributed by atoms with Crippen molar-refractivity contribution in [3.8, 4) is 11.5 Å². The lowest BCUT2D eigenvalue weighted by atomic mass is 10.1. The van der Waals surface area contributed by atoms with E-state index in [1.54, 1.807) is 6.20 Å². The number of fused-ring (bicyclic) bond motifs is 1. The minimum absolute atomic E-state index is 0.173. The van der Waals surface area contributed by atoms with E-state index in [0.717, 1.165) is 41.7 Å². The summed E-state index contributed by atoms with van der Waals surface area (Å²) in [6.45, 7) is 4.58. The van der Waals surface area contributed by atoms with Crippen LogP contribution in [0, 0.1) is 0 Å². The van der Waals surface area contributed by atoms with Crippen LogP contribution in [0.15, 0.2) is 42.1 Å². The molecule has 0 bridgehead atoms. The van der Waals surface area contributed by atoms with Crippen LogP contribution in [0.5, 0.6) is 11.5 Å². The Morgan fingerprint density at radius 2 is 2.14 bits per heavy atom. The third-order valence-corrected chi connectivity index (χ3v) is 5.59. The Bertz CT molecular complexity index is 894. The zero-order valence-corrected chi connectivity index (χ0v) is 16.6. The zero-order valence-electron chi connectivity index (χ0n) is 15.8. The zero-order chi connectivity index (χ0) is 19.3. The minimum atomic E-state index is -0.173. The third kappa shape index (κ3) is 3.94. The van der Waals surface area contributed by atoms with Gasteiger partial charge in [-0.15, -0.1) is 0 Å². The summed E-state index contributed by atoms with van der Waals surface area (Å²) in [5, 5.41) is 3.02. The van der Waals surface area contributed by atoms with Gasteiger partial charge in [0.2, 0.25) is 0 Å². The Balaban J connectivity index is 1.54. The Morgan fingerprint density at radius 1 is 1.29 bits per heavy atom. The molecule has 1 N–H and O–H groups in total. The van der Waals surface area contributed by atoms with Crippen LogP contribution in [0.1, 0.15) is 12.5 Å². The Labute approximate surface area is 168 Å². The van der Waals surface area contributed by atoms with Gasteiger partial charge in [-0.05, 0) is 31.2 Å². The molecule has 0 radical (unpaired) electrons. The number of benzene rings is 1. The number of thioether (sulfide) groups is 1. The normalized spacial score (nSPS) is 15.9. The Hall–Kier alpha value is -2.67. The number of nitrogens with zero attached hydrogens (tertiary/aromatic N) is 2. The highest BCUT2D eigenvalue weighted by atomic mass is 32.2. The van der Waals surface area contributed by atoms with E-state index in [0.29, 0.717) is 23.7 Å². The van der Waals surface area contributed by atoms with E-state index in [2.05, 4.69) is 15.2 Å². The molecule has 28 heavy (non-hydrogen) atoms. The van der Waals surface area contributed by atoms with E-state index in [9.17, 15) is 4.79 Å². The van der Waals surface area contributed by atoms with Crippen molar-refractivity contribution in [3.05, 3.63) is 47.7 Å². The number of rotatable bonds is 5. The fourth-order valence-electron chi connectivity index (χ4n) is 3.30. The van der Waals surface area contributed by atoms with E-state index in [4.69, 9.17) is 9.47 Å². The van der Waals surface area contributed by atoms with E-state index >= 15 is 0 Å². The Morgan fingerprint density at radius 3 is 2.96 bits per heavy atom. The molecule has 2 aromatic rings. The van der Waals surface area contributed by atoms with Crippen LogP contribution < -0.4 is 19.7 Å². The molecule has 1 amide bonds. The first-order valence-corrected chi connectivity index (χ1v) is 10.6. The van der Waals surface area contributed by atoms with Gasteiger partial charge in [-0.3, -0.25) is 4.79 Å². The average Bonchev–Trinajstić information content (AvgIpc) is 2.75. The van der Waals surface area contributed by atoms with Crippen molar-refractivity contribution >= 4 is 35.3 Å². The SMILES string of the molecule is CCOc1cccc2c1OCC(C(=O)Nc1cccnc1N1CCSCC1)=C2. The molecule has 2 aliphatic heterocycles. The van der Waals surface area contributed by atoms with Gasteiger partial charge >= 0.3 is 0 Å². The van der Waals surface area contributed by atoms with Crippen molar-refractivity contribution in [2.45, 2.75) is 6.92 Å². The van der Waals surface area contributed by atoms with Gasteiger partial charge < -0.3 is 19.7 Å². The smallest absolute Gasteiger partial charge is 0.255 e. The predicted octanol–water partition coefficient (Wildman–Crippen LogP) is 3.45. The first-order chi connectivity index (χ1) is 13.8. The van der Waals surface area contributed by atoms with E-state index in [-0.39, 0.29) is 12.5 Å². The monoisotopic (exact) mass is 397 g/mol. The van der Waals surface area contributed by atoms with Gasteiger partial charge in [0.25, 0.3) is 5.91 Å². The molecule has 0 atom stereocenters. The topological polar surface area (TPSA) is 63.7 Å². The molecule has 1 aromatic carbocycles. The molecule has 1 fully saturated rings. The quantitative estimate of drug-likeness (QED) is 0.834. The number of amides is 1.